The second-order valence-electron chi connectivity index (χ2n) is 4.78. The maximum Gasteiger partial charge on any atom is 0.347 e. The highest BCUT2D eigenvalue weighted by Crippen LogP contribution is 2.24. The van der Waals surface area contributed by atoms with E-state index in [1.807, 2.05) is 25.1 Å². The molecule has 1 heterocycles. The highest BCUT2D eigenvalue weighted by atomic mass is 32.1. The van der Waals surface area contributed by atoms with Gasteiger partial charge in [-0.1, -0.05) is 18.2 Å². The van der Waals surface area contributed by atoms with E-state index < -0.39 is 5.97 Å². The summed E-state index contributed by atoms with van der Waals surface area (Å²) >= 11 is 1.09. The number of nitrogens with zero attached hydrogens (tertiary/aromatic N) is 1. The molecule has 1 atom stereocenters. The second kappa shape index (κ2) is 6.05. The van der Waals surface area contributed by atoms with Crippen molar-refractivity contribution in [3.63, 3.8) is 0 Å². The van der Waals surface area contributed by atoms with Crippen molar-refractivity contribution in [3.05, 3.63) is 51.0 Å². The first-order valence-electron chi connectivity index (χ1n) is 6.47. The molecule has 110 valence electrons. The Balaban J connectivity index is 2.16. The maximum absolute atomic E-state index is 12.2. The first-order chi connectivity index (χ1) is 9.90. The monoisotopic (exact) mass is 304 g/mol. The third-order valence-electron chi connectivity index (χ3n) is 3.12. The van der Waals surface area contributed by atoms with Gasteiger partial charge in [0.15, 0.2) is 0 Å². The SMILES string of the molecule is Cc1ccccc1C(=O)N[C@H](C)c1nc(C)c(C(=O)O)s1. The van der Waals surface area contributed by atoms with Crippen LogP contribution < -0.4 is 5.32 Å². The lowest BCUT2D eigenvalue weighted by molar-refractivity contribution is 0.0701. The molecule has 0 aliphatic carbocycles. The van der Waals surface area contributed by atoms with Crippen LogP contribution in [0.4, 0.5) is 0 Å². The summed E-state index contributed by atoms with van der Waals surface area (Å²) in [6.45, 7) is 5.31. The van der Waals surface area contributed by atoms with Crippen molar-refractivity contribution < 1.29 is 14.7 Å². The Labute approximate surface area is 126 Å². The van der Waals surface area contributed by atoms with Crippen molar-refractivity contribution in [1.82, 2.24) is 10.3 Å². The molecule has 2 aromatic rings. The Morgan fingerprint density at radius 2 is 1.95 bits per heavy atom. The molecular weight excluding hydrogens is 288 g/mol. The van der Waals surface area contributed by atoms with Crippen LogP contribution in [0, 0.1) is 13.8 Å². The van der Waals surface area contributed by atoms with Crippen molar-refractivity contribution >= 4 is 23.2 Å². The molecule has 5 nitrogen and oxygen atoms in total. The lowest BCUT2D eigenvalue weighted by atomic mass is 10.1. The minimum Gasteiger partial charge on any atom is -0.477 e. The molecule has 0 unspecified atom stereocenters. The first-order valence-corrected chi connectivity index (χ1v) is 7.29. The summed E-state index contributed by atoms with van der Waals surface area (Å²) in [7, 11) is 0. The fourth-order valence-corrected chi connectivity index (χ4v) is 2.87. The topological polar surface area (TPSA) is 79.3 Å². The van der Waals surface area contributed by atoms with Crippen molar-refractivity contribution in [2.75, 3.05) is 0 Å². The van der Waals surface area contributed by atoms with E-state index in [0.717, 1.165) is 16.9 Å². The molecule has 2 rings (SSSR count). The van der Waals surface area contributed by atoms with Crippen LogP contribution in [0.3, 0.4) is 0 Å². The smallest absolute Gasteiger partial charge is 0.347 e. The number of benzene rings is 1. The summed E-state index contributed by atoms with van der Waals surface area (Å²) in [4.78, 5) is 27.7. The number of carbonyl (C=O) groups is 2. The largest absolute Gasteiger partial charge is 0.477 e. The van der Waals surface area contributed by atoms with Crippen molar-refractivity contribution in [2.24, 2.45) is 0 Å². The van der Waals surface area contributed by atoms with E-state index in [0.29, 0.717) is 16.3 Å². The number of carbonyl (C=O) groups excluding carboxylic acids is 1. The fraction of sp³-hybridized carbons (Fsp3) is 0.267. The lowest BCUT2D eigenvalue weighted by Crippen LogP contribution is -2.27. The number of rotatable bonds is 4. The summed E-state index contributed by atoms with van der Waals surface area (Å²) < 4.78 is 0. The number of carboxylic acid groups (broad SMARTS) is 1. The predicted octanol–water partition coefficient (Wildman–Crippen LogP) is 2.95. The van der Waals surface area contributed by atoms with E-state index in [4.69, 9.17) is 5.11 Å². The summed E-state index contributed by atoms with van der Waals surface area (Å²) in [6.07, 6.45) is 0. The molecule has 0 saturated heterocycles. The Bertz CT molecular complexity index is 694. The van der Waals surface area contributed by atoms with Crippen LogP contribution in [0.1, 0.15) is 49.3 Å². The molecule has 0 aliphatic heterocycles. The molecule has 6 heteroatoms. The second-order valence-corrected chi connectivity index (χ2v) is 5.81. The number of thiazole rings is 1. The van der Waals surface area contributed by atoms with E-state index in [-0.39, 0.29) is 16.8 Å². The maximum atomic E-state index is 12.2. The number of carboxylic acids is 1. The minimum absolute atomic E-state index is 0.190. The molecule has 1 amide bonds. The zero-order chi connectivity index (χ0) is 15.6. The molecule has 0 aliphatic rings. The number of aryl methyl sites for hydroxylation is 2. The number of aromatic nitrogens is 1. The van der Waals surface area contributed by atoms with Gasteiger partial charge in [0, 0.05) is 5.56 Å². The van der Waals surface area contributed by atoms with Gasteiger partial charge in [0.2, 0.25) is 0 Å². The highest BCUT2D eigenvalue weighted by molar-refractivity contribution is 7.13. The van der Waals surface area contributed by atoms with E-state index in [1.165, 1.54) is 0 Å². The van der Waals surface area contributed by atoms with Crippen LogP contribution in [0.2, 0.25) is 0 Å². The Morgan fingerprint density at radius 3 is 2.52 bits per heavy atom. The molecule has 1 aromatic carbocycles. The Kier molecular flexibility index (Phi) is 4.37. The van der Waals surface area contributed by atoms with Gasteiger partial charge >= 0.3 is 5.97 Å². The fourth-order valence-electron chi connectivity index (χ4n) is 1.96. The molecular formula is C15H16N2O3S. The number of amides is 1. The van der Waals surface area contributed by atoms with Gasteiger partial charge in [-0.3, -0.25) is 4.79 Å². The quantitative estimate of drug-likeness (QED) is 0.910. The molecule has 0 spiro atoms. The minimum atomic E-state index is -0.992. The zero-order valence-electron chi connectivity index (χ0n) is 12.0. The van der Waals surface area contributed by atoms with Crippen LogP contribution in [0.5, 0.6) is 0 Å². The summed E-state index contributed by atoms with van der Waals surface area (Å²) in [5.74, 6) is -1.18. The van der Waals surface area contributed by atoms with Crippen molar-refractivity contribution in [3.8, 4) is 0 Å². The van der Waals surface area contributed by atoms with Crippen LogP contribution in [-0.4, -0.2) is 22.0 Å². The average Bonchev–Trinajstić information content (AvgIpc) is 2.81. The molecule has 2 N–H and O–H groups in total. The van der Waals surface area contributed by atoms with Crippen LogP contribution in [0.25, 0.3) is 0 Å². The highest BCUT2D eigenvalue weighted by Gasteiger charge is 2.20. The predicted molar refractivity (Wildman–Crippen MR) is 80.9 cm³/mol. The lowest BCUT2D eigenvalue weighted by Gasteiger charge is -2.12. The number of nitrogens with one attached hydrogen (secondary N) is 1. The van der Waals surface area contributed by atoms with E-state index in [9.17, 15) is 9.59 Å². The van der Waals surface area contributed by atoms with Gasteiger partial charge in [-0.25, -0.2) is 9.78 Å². The summed E-state index contributed by atoms with van der Waals surface area (Å²) in [6, 6.07) is 6.97. The van der Waals surface area contributed by atoms with E-state index >= 15 is 0 Å². The van der Waals surface area contributed by atoms with Gasteiger partial charge in [0.05, 0.1) is 11.7 Å². The van der Waals surface area contributed by atoms with Crippen LogP contribution in [-0.2, 0) is 0 Å². The third-order valence-corrected chi connectivity index (χ3v) is 4.44. The molecule has 1 aromatic heterocycles. The van der Waals surface area contributed by atoms with Crippen molar-refractivity contribution in [1.29, 1.82) is 0 Å². The van der Waals surface area contributed by atoms with Gasteiger partial charge in [0.1, 0.15) is 9.88 Å². The normalized spacial score (nSPS) is 12.0. The molecule has 0 fully saturated rings. The Morgan fingerprint density at radius 1 is 1.29 bits per heavy atom. The molecule has 0 bridgehead atoms. The van der Waals surface area contributed by atoms with Gasteiger partial charge in [-0.05, 0) is 32.4 Å². The van der Waals surface area contributed by atoms with Gasteiger partial charge in [0.25, 0.3) is 5.91 Å². The van der Waals surface area contributed by atoms with Crippen LogP contribution >= 0.6 is 11.3 Å². The molecule has 0 radical (unpaired) electrons. The first kappa shape index (κ1) is 15.2. The average molecular weight is 304 g/mol. The number of aromatic carboxylic acids is 1. The van der Waals surface area contributed by atoms with Crippen molar-refractivity contribution in [2.45, 2.75) is 26.8 Å². The molecule has 0 saturated carbocycles. The van der Waals surface area contributed by atoms with E-state index in [1.54, 1.807) is 19.9 Å². The number of hydrogen-bond acceptors (Lipinski definition) is 4. The third kappa shape index (κ3) is 3.28. The number of hydrogen-bond donors (Lipinski definition) is 2. The van der Waals surface area contributed by atoms with Gasteiger partial charge in [-0.2, -0.15) is 0 Å². The summed E-state index contributed by atoms with van der Waals surface area (Å²) in [5.41, 5.74) is 1.97. The van der Waals surface area contributed by atoms with Gasteiger partial charge in [-0.15, -0.1) is 11.3 Å². The molecule has 21 heavy (non-hydrogen) atoms. The zero-order valence-corrected chi connectivity index (χ0v) is 12.8. The Hall–Kier alpha value is -2.21. The van der Waals surface area contributed by atoms with Crippen LogP contribution in [0.15, 0.2) is 24.3 Å². The van der Waals surface area contributed by atoms with Gasteiger partial charge < -0.3 is 10.4 Å². The summed E-state index contributed by atoms with van der Waals surface area (Å²) in [5, 5.41) is 12.5. The standard InChI is InChI=1S/C15H16N2O3S/c1-8-6-4-5-7-11(8)13(18)16-10(3)14-17-9(2)12(21-14)15(19)20/h4-7,10H,1-3H3,(H,16,18)(H,19,20)/t10-/m1/s1. The van der Waals surface area contributed by atoms with E-state index in [2.05, 4.69) is 10.3 Å².